The molecular formula is C13H16FNO. The molecule has 0 unspecified atom stereocenters. The van der Waals surface area contributed by atoms with Crippen LogP contribution in [0, 0.1) is 5.82 Å². The molecule has 0 atom stereocenters. The first-order valence-corrected chi connectivity index (χ1v) is 5.80. The zero-order valence-electron chi connectivity index (χ0n) is 9.23. The third kappa shape index (κ3) is 3.05. The summed E-state index contributed by atoms with van der Waals surface area (Å²) in [4.78, 5) is 5.34. The van der Waals surface area contributed by atoms with E-state index in [0.717, 1.165) is 12.8 Å². The highest BCUT2D eigenvalue weighted by Crippen LogP contribution is 2.20. The molecule has 16 heavy (non-hydrogen) atoms. The Morgan fingerprint density at radius 2 is 1.94 bits per heavy atom. The summed E-state index contributed by atoms with van der Waals surface area (Å²) in [6, 6.07) is 6.55. The monoisotopic (exact) mass is 221 g/mol. The van der Waals surface area contributed by atoms with E-state index in [-0.39, 0.29) is 11.9 Å². The quantitative estimate of drug-likeness (QED) is 0.565. The fraction of sp³-hybridized carbons (Fsp3) is 0.462. The number of hydrogen-bond acceptors (Lipinski definition) is 2. The SMILES string of the molecule is Fc1ccccc1C=NOC1CCCCC1. The lowest BCUT2D eigenvalue weighted by molar-refractivity contribution is 0.0340. The molecule has 0 amide bonds. The van der Waals surface area contributed by atoms with E-state index in [1.54, 1.807) is 18.2 Å². The third-order valence-corrected chi connectivity index (χ3v) is 2.86. The van der Waals surface area contributed by atoms with Gasteiger partial charge in [0.15, 0.2) is 0 Å². The molecule has 0 N–H and O–H groups in total. The van der Waals surface area contributed by atoms with E-state index >= 15 is 0 Å². The molecule has 0 saturated heterocycles. The van der Waals surface area contributed by atoms with Gasteiger partial charge in [-0.25, -0.2) is 4.39 Å². The van der Waals surface area contributed by atoms with Crippen molar-refractivity contribution in [2.75, 3.05) is 0 Å². The Hall–Kier alpha value is -1.38. The predicted octanol–water partition coefficient (Wildman–Crippen LogP) is 3.51. The van der Waals surface area contributed by atoms with Gasteiger partial charge < -0.3 is 4.84 Å². The number of benzene rings is 1. The van der Waals surface area contributed by atoms with Crippen LogP contribution in [-0.2, 0) is 4.84 Å². The second kappa shape index (κ2) is 5.64. The van der Waals surface area contributed by atoms with Crippen LogP contribution in [0.15, 0.2) is 29.4 Å². The van der Waals surface area contributed by atoms with Gasteiger partial charge in [-0.1, -0.05) is 29.8 Å². The molecule has 1 aliphatic rings. The van der Waals surface area contributed by atoms with Crippen molar-refractivity contribution in [2.24, 2.45) is 5.16 Å². The maximum absolute atomic E-state index is 13.2. The molecule has 0 bridgehead atoms. The fourth-order valence-electron chi connectivity index (χ4n) is 1.92. The molecule has 2 rings (SSSR count). The summed E-state index contributed by atoms with van der Waals surface area (Å²) < 4.78 is 13.2. The molecule has 1 aliphatic carbocycles. The van der Waals surface area contributed by atoms with Crippen molar-refractivity contribution in [3.8, 4) is 0 Å². The lowest BCUT2D eigenvalue weighted by atomic mass is 9.98. The minimum Gasteiger partial charge on any atom is -0.392 e. The van der Waals surface area contributed by atoms with Crippen LogP contribution in [0.4, 0.5) is 4.39 Å². The van der Waals surface area contributed by atoms with Crippen molar-refractivity contribution in [1.82, 2.24) is 0 Å². The minimum atomic E-state index is -0.265. The average Bonchev–Trinajstić information content (AvgIpc) is 2.33. The van der Waals surface area contributed by atoms with Gasteiger partial charge in [0.25, 0.3) is 0 Å². The van der Waals surface area contributed by atoms with Gasteiger partial charge in [-0.15, -0.1) is 0 Å². The Labute approximate surface area is 95.1 Å². The van der Waals surface area contributed by atoms with E-state index in [1.807, 2.05) is 0 Å². The van der Waals surface area contributed by atoms with Crippen molar-refractivity contribution >= 4 is 6.21 Å². The first-order valence-electron chi connectivity index (χ1n) is 5.80. The van der Waals surface area contributed by atoms with Crippen LogP contribution < -0.4 is 0 Å². The van der Waals surface area contributed by atoms with Gasteiger partial charge in [-0.3, -0.25) is 0 Å². The van der Waals surface area contributed by atoms with E-state index in [9.17, 15) is 4.39 Å². The van der Waals surface area contributed by atoms with Crippen LogP contribution in [-0.4, -0.2) is 12.3 Å². The van der Waals surface area contributed by atoms with Gasteiger partial charge in [0.05, 0.1) is 6.21 Å². The number of hydrogen-bond donors (Lipinski definition) is 0. The molecule has 0 aliphatic heterocycles. The molecule has 86 valence electrons. The van der Waals surface area contributed by atoms with Crippen LogP contribution in [0.3, 0.4) is 0 Å². The van der Waals surface area contributed by atoms with E-state index in [4.69, 9.17) is 4.84 Å². The summed E-state index contributed by atoms with van der Waals surface area (Å²) >= 11 is 0. The highest BCUT2D eigenvalue weighted by Gasteiger charge is 2.13. The van der Waals surface area contributed by atoms with Gasteiger partial charge in [0.2, 0.25) is 0 Å². The Morgan fingerprint density at radius 1 is 1.19 bits per heavy atom. The van der Waals surface area contributed by atoms with E-state index < -0.39 is 0 Å². The predicted molar refractivity (Wildman–Crippen MR) is 62.0 cm³/mol. The van der Waals surface area contributed by atoms with Crippen LogP contribution >= 0.6 is 0 Å². The topological polar surface area (TPSA) is 21.6 Å². The van der Waals surface area contributed by atoms with Crippen molar-refractivity contribution < 1.29 is 9.23 Å². The Bertz CT molecular complexity index is 359. The molecule has 1 aromatic rings. The van der Waals surface area contributed by atoms with E-state index in [1.165, 1.54) is 31.5 Å². The largest absolute Gasteiger partial charge is 0.392 e. The second-order valence-corrected chi connectivity index (χ2v) is 4.12. The number of nitrogens with zero attached hydrogens (tertiary/aromatic N) is 1. The minimum absolute atomic E-state index is 0.219. The number of rotatable bonds is 3. The van der Waals surface area contributed by atoms with Crippen molar-refractivity contribution in [3.63, 3.8) is 0 Å². The maximum Gasteiger partial charge on any atom is 0.132 e. The third-order valence-electron chi connectivity index (χ3n) is 2.86. The van der Waals surface area contributed by atoms with Crippen molar-refractivity contribution in [3.05, 3.63) is 35.6 Å². The second-order valence-electron chi connectivity index (χ2n) is 4.12. The molecule has 3 heteroatoms. The number of halogens is 1. The molecular weight excluding hydrogens is 205 g/mol. The molecule has 0 aromatic heterocycles. The Balaban J connectivity index is 1.87. The maximum atomic E-state index is 13.2. The standard InChI is InChI=1S/C13H16FNO/c14-13-9-5-4-6-11(13)10-15-16-12-7-2-1-3-8-12/h4-6,9-10,12H,1-3,7-8H2. The Morgan fingerprint density at radius 3 is 2.69 bits per heavy atom. The summed E-state index contributed by atoms with van der Waals surface area (Å²) in [6.07, 6.45) is 7.50. The van der Waals surface area contributed by atoms with Crippen LogP contribution in [0.25, 0.3) is 0 Å². The van der Waals surface area contributed by atoms with E-state index in [0.29, 0.717) is 5.56 Å². The first kappa shape index (κ1) is 11.1. The Kier molecular flexibility index (Phi) is 3.91. The van der Waals surface area contributed by atoms with Crippen LogP contribution in [0.1, 0.15) is 37.7 Å². The molecule has 1 saturated carbocycles. The van der Waals surface area contributed by atoms with Crippen LogP contribution in [0.5, 0.6) is 0 Å². The molecule has 0 heterocycles. The molecule has 1 fully saturated rings. The molecule has 1 aromatic carbocycles. The summed E-state index contributed by atoms with van der Waals surface area (Å²) in [5.74, 6) is -0.265. The van der Waals surface area contributed by atoms with Crippen LogP contribution in [0.2, 0.25) is 0 Å². The lowest BCUT2D eigenvalue weighted by Crippen LogP contribution is -2.13. The van der Waals surface area contributed by atoms with Crippen molar-refractivity contribution in [1.29, 1.82) is 0 Å². The zero-order chi connectivity index (χ0) is 11.2. The summed E-state index contributed by atoms with van der Waals surface area (Å²) in [6.45, 7) is 0. The van der Waals surface area contributed by atoms with Gasteiger partial charge in [0.1, 0.15) is 11.9 Å². The first-order chi connectivity index (χ1) is 7.86. The summed E-state index contributed by atoms with van der Waals surface area (Å²) in [7, 11) is 0. The molecule has 0 radical (unpaired) electrons. The van der Waals surface area contributed by atoms with Gasteiger partial charge in [0, 0.05) is 5.56 Å². The van der Waals surface area contributed by atoms with E-state index in [2.05, 4.69) is 5.16 Å². The highest BCUT2D eigenvalue weighted by molar-refractivity contribution is 5.79. The van der Waals surface area contributed by atoms with Crippen molar-refractivity contribution in [2.45, 2.75) is 38.2 Å². The van der Waals surface area contributed by atoms with Gasteiger partial charge in [-0.05, 0) is 31.7 Å². The summed E-state index contributed by atoms with van der Waals surface area (Å²) in [5.41, 5.74) is 0.471. The molecule has 0 spiro atoms. The highest BCUT2D eigenvalue weighted by atomic mass is 19.1. The fourth-order valence-corrected chi connectivity index (χ4v) is 1.92. The normalized spacial score (nSPS) is 17.8. The average molecular weight is 221 g/mol. The lowest BCUT2D eigenvalue weighted by Gasteiger charge is -2.18. The zero-order valence-corrected chi connectivity index (χ0v) is 9.23. The summed E-state index contributed by atoms with van der Waals surface area (Å²) in [5, 5.41) is 3.86. The smallest absolute Gasteiger partial charge is 0.132 e. The van der Waals surface area contributed by atoms with Gasteiger partial charge >= 0.3 is 0 Å². The number of oxime groups is 1. The van der Waals surface area contributed by atoms with Gasteiger partial charge in [-0.2, -0.15) is 0 Å². The molecule has 2 nitrogen and oxygen atoms in total.